The second-order valence-corrected chi connectivity index (χ2v) is 8.35. The van der Waals surface area contributed by atoms with Gasteiger partial charge >= 0.3 is 5.97 Å². The van der Waals surface area contributed by atoms with Crippen molar-refractivity contribution in [3.63, 3.8) is 0 Å². The molecule has 178 valence electrons. The summed E-state index contributed by atoms with van der Waals surface area (Å²) >= 11 is 0. The molecule has 0 aliphatic rings. The van der Waals surface area contributed by atoms with Crippen molar-refractivity contribution in [1.82, 2.24) is 5.32 Å². The number of aliphatic carboxylic acids is 1. The molecule has 0 aromatic heterocycles. The van der Waals surface area contributed by atoms with Crippen LogP contribution in [-0.4, -0.2) is 22.9 Å². The van der Waals surface area contributed by atoms with Crippen LogP contribution in [0.4, 0.5) is 0 Å². The molecule has 0 aromatic carbocycles. The first-order valence-corrected chi connectivity index (χ1v) is 12.1. The summed E-state index contributed by atoms with van der Waals surface area (Å²) in [7, 11) is 0. The molecule has 2 amide bonds. The van der Waals surface area contributed by atoms with Gasteiger partial charge in [-0.15, -0.1) is 0 Å². The normalized spacial score (nSPS) is 11.3. The Labute approximate surface area is 188 Å². The standard InChI is InChI=1S/C25H44N2O4/c1-3-4-5-6-7-8-9-10-11-14-17-21(2)25(31)27-20-22(24(26)30)18-15-12-13-16-19-23(28)29/h20H,2-19H2,1H3,(H2,26,30)(H,27,31)(H,28,29)/b22-20+. The third kappa shape index (κ3) is 18.4. The smallest absolute Gasteiger partial charge is 0.303 e. The van der Waals surface area contributed by atoms with Crippen LogP contribution >= 0.6 is 0 Å². The van der Waals surface area contributed by atoms with Crippen molar-refractivity contribution in [3.05, 3.63) is 23.9 Å². The highest BCUT2D eigenvalue weighted by molar-refractivity contribution is 5.96. The van der Waals surface area contributed by atoms with Crippen molar-refractivity contribution < 1.29 is 19.5 Å². The van der Waals surface area contributed by atoms with Crippen LogP contribution in [0.15, 0.2) is 23.9 Å². The van der Waals surface area contributed by atoms with Crippen molar-refractivity contribution in [3.8, 4) is 0 Å². The fraction of sp³-hybridized carbons (Fsp3) is 0.720. The van der Waals surface area contributed by atoms with Crippen LogP contribution in [0.25, 0.3) is 0 Å². The predicted molar refractivity (Wildman–Crippen MR) is 126 cm³/mol. The Balaban J connectivity index is 3.94. The minimum Gasteiger partial charge on any atom is -0.481 e. The van der Waals surface area contributed by atoms with Crippen molar-refractivity contribution in [2.24, 2.45) is 5.73 Å². The van der Waals surface area contributed by atoms with E-state index in [1.54, 1.807) is 0 Å². The first-order chi connectivity index (χ1) is 14.9. The second-order valence-electron chi connectivity index (χ2n) is 8.35. The maximum Gasteiger partial charge on any atom is 0.303 e. The number of primary amides is 1. The van der Waals surface area contributed by atoms with E-state index < -0.39 is 11.9 Å². The molecule has 0 aromatic rings. The van der Waals surface area contributed by atoms with E-state index in [1.807, 2.05) is 0 Å². The van der Waals surface area contributed by atoms with Gasteiger partial charge in [-0.25, -0.2) is 0 Å². The van der Waals surface area contributed by atoms with Gasteiger partial charge in [-0.2, -0.15) is 0 Å². The van der Waals surface area contributed by atoms with Gasteiger partial charge in [-0.1, -0.05) is 84.1 Å². The summed E-state index contributed by atoms with van der Waals surface area (Å²) < 4.78 is 0. The zero-order valence-corrected chi connectivity index (χ0v) is 19.6. The van der Waals surface area contributed by atoms with Crippen molar-refractivity contribution in [2.75, 3.05) is 0 Å². The molecule has 0 aliphatic carbocycles. The maximum atomic E-state index is 12.2. The first kappa shape index (κ1) is 28.9. The van der Waals surface area contributed by atoms with E-state index in [1.165, 1.54) is 57.6 Å². The quantitative estimate of drug-likeness (QED) is 0.157. The summed E-state index contributed by atoms with van der Waals surface area (Å²) in [5.74, 6) is -1.61. The Hall–Kier alpha value is -2.11. The van der Waals surface area contributed by atoms with E-state index in [0.717, 1.165) is 32.1 Å². The number of unbranched alkanes of at least 4 members (excludes halogenated alkanes) is 12. The van der Waals surface area contributed by atoms with Gasteiger partial charge in [0, 0.05) is 23.8 Å². The zero-order valence-electron chi connectivity index (χ0n) is 19.6. The highest BCUT2D eigenvalue weighted by Gasteiger charge is 2.09. The molecule has 0 saturated carbocycles. The monoisotopic (exact) mass is 436 g/mol. The number of carboxylic acid groups (broad SMARTS) is 1. The van der Waals surface area contributed by atoms with Gasteiger partial charge in [0.25, 0.3) is 5.91 Å². The molecule has 4 N–H and O–H groups in total. The lowest BCUT2D eigenvalue weighted by Crippen LogP contribution is -2.23. The van der Waals surface area contributed by atoms with Gasteiger partial charge < -0.3 is 16.2 Å². The minimum absolute atomic E-state index is 0.162. The number of amides is 2. The Kier molecular flexibility index (Phi) is 18.5. The molecule has 0 saturated heterocycles. The lowest BCUT2D eigenvalue weighted by atomic mass is 10.0. The number of carboxylic acids is 1. The molecule has 6 nitrogen and oxygen atoms in total. The minimum atomic E-state index is -0.793. The number of rotatable bonds is 21. The van der Waals surface area contributed by atoms with E-state index >= 15 is 0 Å². The SMILES string of the molecule is C=C(CCCCCCCCCCCC)C(=O)N/C=C(\CCCCCCC(=O)O)C(N)=O. The Bertz CT molecular complexity index is 570. The molecule has 0 rings (SSSR count). The highest BCUT2D eigenvalue weighted by atomic mass is 16.4. The summed E-state index contributed by atoms with van der Waals surface area (Å²) in [5.41, 5.74) is 6.29. The van der Waals surface area contributed by atoms with Crippen LogP contribution in [0, 0.1) is 0 Å². The first-order valence-electron chi connectivity index (χ1n) is 12.1. The van der Waals surface area contributed by atoms with Gasteiger partial charge in [0.1, 0.15) is 0 Å². The van der Waals surface area contributed by atoms with Crippen LogP contribution in [0.1, 0.15) is 116 Å². The molecule has 6 heteroatoms. The van der Waals surface area contributed by atoms with Crippen LogP contribution in [0.3, 0.4) is 0 Å². The van der Waals surface area contributed by atoms with E-state index in [-0.39, 0.29) is 12.3 Å². The summed E-state index contributed by atoms with van der Waals surface area (Å²) in [5, 5.41) is 11.3. The average molecular weight is 437 g/mol. The number of nitrogens with one attached hydrogen (secondary N) is 1. The van der Waals surface area contributed by atoms with Gasteiger partial charge in [-0.3, -0.25) is 14.4 Å². The van der Waals surface area contributed by atoms with Gasteiger partial charge in [-0.05, 0) is 32.1 Å². The Morgan fingerprint density at radius 2 is 1.23 bits per heavy atom. The molecular weight excluding hydrogens is 392 g/mol. The molecule has 0 radical (unpaired) electrons. The van der Waals surface area contributed by atoms with Gasteiger partial charge in [0.05, 0.1) is 0 Å². The van der Waals surface area contributed by atoms with E-state index in [2.05, 4.69) is 18.8 Å². The van der Waals surface area contributed by atoms with Crippen molar-refractivity contribution >= 4 is 17.8 Å². The van der Waals surface area contributed by atoms with E-state index in [4.69, 9.17) is 10.8 Å². The van der Waals surface area contributed by atoms with Crippen molar-refractivity contribution in [2.45, 2.75) is 116 Å². The molecular formula is C25H44N2O4. The predicted octanol–water partition coefficient (Wildman–Crippen LogP) is 5.76. The molecule has 0 bridgehead atoms. The van der Waals surface area contributed by atoms with Crippen LogP contribution in [0.5, 0.6) is 0 Å². The Morgan fingerprint density at radius 3 is 1.71 bits per heavy atom. The molecule has 0 fully saturated rings. The van der Waals surface area contributed by atoms with Gasteiger partial charge in [0.15, 0.2) is 0 Å². The summed E-state index contributed by atoms with van der Waals surface area (Å²) in [6.07, 6.45) is 18.1. The number of carbonyl (C=O) groups is 3. The number of carbonyl (C=O) groups excluding carboxylic acids is 2. The average Bonchev–Trinajstić information content (AvgIpc) is 2.73. The third-order valence-corrected chi connectivity index (χ3v) is 5.43. The molecule has 0 unspecified atom stereocenters. The van der Waals surface area contributed by atoms with Crippen LogP contribution < -0.4 is 11.1 Å². The highest BCUT2D eigenvalue weighted by Crippen LogP contribution is 2.14. The maximum absolute atomic E-state index is 12.2. The van der Waals surface area contributed by atoms with E-state index in [9.17, 15) is 14.4 Å². The molecule has 0 heterocycles. The van der Waals surface area contributed by atoms with Crippen LogP contribution in [0.2, 0.25) is 0 Å². The van der Waals surface area contributed by atoms with Gasteiger partial charge in [0.2, 0.25) is 5.91 Å². The molecule has 0 spiro atoms. The number of nitrogens with two attached hydrogens (primary N) is 1. The second kappa shape index (κ2) is 19.8. The lowest BCUT2D eigenvalue weighted by molar-refractivity contribution is -0.137. The summed E-state index contributed by atoms with van der Waals surface area (Å²) in [6.45, 7) is 6.09. The Morgan fingerprint density at radius 1 is 0.774 bits per heavy atom. The third-order valence-electron chi connectivity index (χ3n) is 5.43. The lowest BCUT2D eigenvalue weighted by Gasteiger charge is -2.07. The topological polar surface area (TPSA) is 109 Å². The van der Waals surface area contributed by atoms with Crippen molar-refractivity contribution in [1.29, 1.82) is 0 Å². The molecule has 31 heavy (non-hydrogen) atoms. The molecule has 0 atom stereocenters. The molecule has 0 aliphatic heterocycles. The van der Waals surface area contributed by atoms with Crippen LogP contribution in [-0.2, 0) is 14.4 Å². The fourth-order valence-corrected chi connectivity index (χ4v) is 3.41. The summed E-state index contributed by atoms with van der Waals surface area (Å²) in [4.78, 5) is 34.2. The summed E-state index contributed by atoms with van der Waals surface area (Å²) in [6, 6.07) is 0. The number of hydrogen-bond donors (Lipinski definition) is 3. The fourth-order valence-electron chi connectivity index (χ4n) is 3.41. The zero-order chi connectivity index (χ0) is 23.3. The number of hydrogen-bond acceptors (Lipinski definition) is 3. The largest absolute Gasteiger partial charge is 0.481 e. The van der Waals surface area contributed by atoms with E-state index in [0.29, 0.717) is 30.4 Å².